The number of halogens is 3. The van der Waals surface area contributed by atoms with Crippen molar-refractivity contribution in [3.8, 4) is 5.75 Å². The molecule has 0 radical (unpaired) electrons. The third-order valence-corrected chi connectivity index (χ3v) is 7.45. The van der Waals surface area contributed by atoms with E-state index in [-0.39, 0.29) is 20.4 Å². The van der Waals surface area contributed by atoms with E-state index in [2.05, 4.69) is 18.6 Å². The molecule has 174 valence electrons. The predicted octanol–water partition coefficient (Wildman–Crippen LogP) is 7.62. The Labute approximate surface area is 190 Å². The lowest BCUT2D eigenvalue weighted by Crippen LogP contribution is -2.17. The number of sulfone groups is 1. The fraction of sp³-hybridized carbons (Fsp3) is 0.304. The van der Waals surface area contributed by atoms with Crippen molar-refractivity contribution in [3.63, 3.8) is 0 Å². The standard InChI is InChI=1S/C21H19F3O4S2.C2H6/c1-13(2)15-4-7-17(8-5-15)29-18-9-6-16(28-21(22,23)24)12-20(18)30(25,26)19-10-11-27-14(19)3;1-2/h4-13H,1-3H3;1-2H3. The summed E-state index contributed by atoms with van der Waals surface area (Å²) in [5.41, 5.74) is 1.12. The Hall–Kier alpha value is -2.39. The van der Waals surface area contributed by atoms with E-state index in [9.17, 15) is 21.6 Å². The molecule has 0 aliphatic carbocycles. The lowest BCUT2D eigenvalue weighted by atomic mass is 10.0. The minimum Gasteiger partial charge on any atom is -0.468 e. The average Bonchev–Trinajstić information content (AvgIpc) is 3.16. The van der Waals surface area contributed by atoms with Gasteiger partial charge in [0.05, 0.1) is 11.2 Å². The number of aryl methyl sites for hydroxylation is 1. The van der Waals surface area contributed by atoms with Crippen LogP contribution in [0.2, 0.25) is 0 Å². The van der Waals surface area contributed by atoms with Crippen LogP contribution in [0.3, 0.4) is 0 Å². The Balaban J connectivity index is 0.00000176. The molecule has 0 amide bonds. The van der Waals surface area contributed by atoms with Crippen LogP contribution in [-0.4, -0.2) is 14.8 Å². The van der Waals surface area contributed by atoms with Gasteiger partial charge >= 0.3 is 6.36 Å². The van der Waals surface area contributed by atoms with Crippen molar-refractivity contribution in [2.75, 3.05) is 0 Å². The quantitative estimate of drug-likeness (QED) is 0.359. The molecule has 0 aliphatic rings. The molecule has 0 atom stereocenters. The molecule has 4 nitrogen and oxygen atoms in total. The summed E-state index contributed by atoms with van der Waals surface area (Å²) >= 11 is 1.14. The molecule has 1 heterocycles. The molecule has 0 fully saturated rings. The van der Waals surface area contributed by atoms with Gasteiger partial charge in [-0.05, 0) is 48.7 Å². The zero-order valence-corrected chi connectivity index (χ0v) is 20.0. The molecule has 0 saturated carbocycles. The number of hydrogen-bond acceptors (Lipinski definition) is 5. The van der Waals surface area contributed by atoms with Gasteiger partial charge in [0, 0.05) is 15.9 Å². The lowest BCUT2D eigenvalue weighted by Gasteiger charge is -2.14. The van der Waals surface area contributed by atoms with Crippen LogP contribution in [0.25, 0.3) is 0 Å². The summed E-state index contributed by atoms with van der Waals surface area (Å²) in [5, 5.41) is 0. The maximum absolute atomic E-state index is 13.2. The summed E-state index contributed by atoms with van der Waals surface area (Å²) in [6.07, 6.45) is -3.72. The van der Waals surface area contributed by atoms with Crippen LogP contribution in [-0.2, 0) is 9.84 Å². The Morgan fingerprint density at radius 3 is 2.09 bits per heavy atom. The van der Waals surface area contributed by atoms with Gasteiger partial charge in [-0.1, -0.05) is 51.6 Å². The molecule has 0 spiro atoms. The molecule has 0 bridgehead atoms. The van der Waals surface area contributed by atoms with Crippen LogP contribution in [0.15, 0.2) is 78.8 Å². The Kier molecular flexibility index (Phi) is 8.47. The van der Waals surface area contributed by atoms with Gasteiger partial charge in [-0.2, -0.15) is 0 Å². The van der Waals surface area contributed by atoms with Gasteiger partial charge in [0.1, 0.15) is 16.4 Å². The fourth-order valence-electron chi connectivity index (χ4n) is 2.80. The van der Waals surface area contributed by atoms with Crippen molar-refractivity contribution in [3.05, 3.63) is 66.1 Å². The van der Waals surface area contributed by atoms with Crippen molar-refractivity contribution in [2.45, 2.75) is 66.5 Å². The first-order chi connectivity index (χ1) is 15.0. The zero-order valence-electron chi connectivity index (χ0n) is 18.4. The molecule has 1 aromatic heterocycles. The largest absolute Gasteiger partial charge is 0.573 e. The van der Waals surface area contributed by atoms with Crippen molar-refractivity contribution < 1.29 is 30.7 Å². The molecule has 2 aromatic carbocycles. The smallest absolute Gasteiger partial charge is 0.468 e. The highest BCUT2D eigenvalue weighted by Crippen LogP contribution is 2.39. The molecule has 3 aromatic rings. The molecular weight excluding hydrogens is 461 g/mol. The van der Waals surface area contributed by atoms with Crippen molar-refractivity contribution >= 4 is 21.6 Å². The number of alkyl halides is 3. The monoisotopic (exact) mass is 486 g/mol. The van der Waals surface area contributed by atoms with Crippen LogP contribution in [0.1, 0.15) is 44.9 Å². The second-order valence-corrected chi connectivity index (χ2v) is 9.83. The fourth-order valence-corrected chi connectivity index (χ4v) is 5.58. The molecule has 0 unspecified atom stereocenters. The molecule has 0 N–H and O–H groups in total. The van der Waals surface area contributed by atoms with E-state index in [1.807, 2.05) is 38.1 Å². The van der Waals surface area contributed by atoms with E-state index in [0.717, 1.165) is 34.4 Å². The van der Waals surface area contributed by atoms with Gasteiger partial charge in [0.2, 0.25) is 9.84 Å². The van der Waals surface area contributed by atoms with E-state index < -0.39 is 21.9 Å². The molecule has 32 heavy (non-hydrogen) atoms. The highest BCUT2D eigenvalue weighted by atomic mass is 32.2. The van der Waals surface area contributed by atoms with Crippen molar-refractivity contribution in [1.29, 1.82) is 0 Å². The van der Waals surface area contributed by atoms with Gasteiger partial charge in [-0.15, -0.1) is 13.2 Å². The number of hydrogen-bond donors (Lipinski definition) is 0. The van der Waals surface area contributed by atoms with Gasteiger partial charge in [-0.3, -0.25) is 0 Å². The zero-order chi connectivity index (χ0) is 24.1. The molecular formula is C23H25F3O4S2. The second kappa shape index (κ2) is 10.5. The normalized spacial score (nSPS) is 11.8. The maximum Gasteiger partial charge on any atom is 0.573 e. The van der Waals surface area contributed by atoms with Gasteiger partial charge in [0.15, 0.2) is 0 Å². The molecule has 3 rings (SSSR count). The Bertz CT molecular complexity index is 1130. The number of benzene rings is 2. The lowest BCUT2D eigenvalue weighted by molar-refractivity contribution is -0.274. The first-order valence-electron chi connectivity index (χ1n) is 9.94. The van der Waals surface area contributed by atoms with E-state index in [0.29, 0.717) is 5.92 Å². The van der Waals surface area contributed by atoms with E-state index >= 15 is 0 Å². The second-order valence-electron chi connectivity index (χ2n) is 6.83. The number of rotatable bonds is 6. The van der Waals surface area contributed by atoms with Gasteiger partial charge in [-0.25, -0.2) is 8.42 Å². The van der Waals surface area contributed by atoms with Crippen LogP contribution in [0.5, 0.6) is 5.75 Å². The number of furan rings is 1. The summed E-state index contributed by atoms with van der Waals surface area (Å²) in [6.45, 7) is 9.58. The van der Waals surface area contributed by atoms with Gasteiger partial charge < -0.3 is 9.15 Å². The SMILES string of the molecule is CC.Cc1occc1S(=O)(=O)c1cc(OC(F)(F)F)ccc1Sc1ccc(C(C)C)cc1. The summed E-state index contributed by atoms with van der Waals surface area (Å²) in [5.74, 6) is -0.126. The Morgan fingerprint density at radius 2 is 1.59 bits per heavy atom. The predicted molar refractivity (Wildman–Crippen MR) is 118 cm³/mol. The highest BCUT2D eigenvalue weighted by Gasteiger charge is 2.33. The Morgan fingerprint density at radius 1 is 0.969 bits per heavy atom. The van der Waals surface area contributed by atoms with Crippen molar-refractivity contribution in [1.82, 2.24) is 0 Å². The van der Waals surface area contributed by atoms with E-state index in [4.69, 9.17) is 4.42 Å². The summed E-state index contributed by atoms with van der Waals surface area (Å²) < 4.78 is 73.4. The van der Waals surface area contributed by atoms with Gasteiger partial charge in [0.25, 0.3) is 0 Å². The van der Waals surface area contributed by atoms with Crippen LogP contribution >= 0.6 is 11.8 Å². The van der Waals surface area contributed by atoms with Crippen LogP contribution < -0.4 is 4.74 Å². The summed E-state index contributed by atoms with van der Waals surface area (Å²) in [6, 6.07) is 12.1. The first kappa shape index (κ1) is 25.9. The minimum atomic E-state index is -4.94. The van der Waals surface area contributed by atoms with Crippen molar-refractivity contribution in [2.24, 2.45) is 0 Å². The molecule has 0 aliphatic heterocycles. The maximum atomic E-state index is 13.2. The third kappa shape index (κ3) is 6.32. The minimum absolute atomic E-state index is 0.108. The molecule has 9 heteroatoms. The van der Waals surface area contributed by atoms with E-state index in [1.54, 1.807) is 0 Å². The summed E-state index contributed by atoms with van der Waals surface area (Å²) in [7, 11) is -4.14. The summed E-state index contributed by atoms with van der Waals surface area (Å²) in [4.78, 5) is 0.641. The first-order valence-corrected chi connectivity index (χ1v) is 12.2. The molecule has 0 saturated heterocycles. The van der Waals surface area contributed by atoms with Crippen LogP contribution in [0, 0.1) is 6.92 Å². The third-order valence-electron chi connectivity index (χ3n) is 4.31. The van der Waals surface area contributed by atoms with E-state index in [1.165, 1.54) is 25.3 Å². The number of ether oxygens (including phenoxy) is 1. The highest BCUT2D eigenvalue weighted by molar-refractivity contribution is 8.00. The van der Waals surface area contributed by atoms with Crippen LogP contribution in [0.4, 0.5) is 13.2 Å². The average molecular weight is 487 g/mol. The topological polar surface area (TPSA) is 56.5 Å².